The smallest absolute Gasteiger partial charge is 0.128 e. The minimum atomic E-state index is -0.168. The fourth-order valence-corrected chi connectivity index (χ4v) is 1.55. The van der Waals surface area contributed by atoms with Crippen molar-refractivity contribution in [2.45, 2.75) is 6.54 Å². The molecule has 1 aromatic carbocycles. The first-order valence-electron chi connectivity index (χ1n) is 4.81. The average molecular weight is 194 g/mol. The van der Waals surface area contributed by atoms with Gasteiger partial charge in [0.2, 0.25) is 0 Å². The van der Waals surface area contributed by atoms with E-state index in [9.17, 15) is 4.39 Å². The molecule has 1 aromatic rings. The second-order valence-electron chi connectivity index (χ2n) is 3.39. The highest BCUT2D eigenvalue weighted by atomic mass is 19.1. The van der Waals surface area contributed by atoms with Crippen LogP contribution in [-0.2, 0) is 11.3 Å². The van der Waals surface area contributed by atoms with Crippen molar-refractivity contribution in [3.63, 3.8) is 0 Å². The first-order chi connectivity index (χ1) is 6.86. The summed E-state index contributed by atoms with van der Waals surface area (Å²) in [4.78, 5) is 2.18. The second-order valence-corrected chi connectivity index (χ2v) is 3.39. The lowest BCUT2D eigenvalue weighted by molar-refractivity contribution is 0.0337. The third kappa shape index (κ3) is 2.30. The van der Waals surface area contributed by atoms with E-state index in [1.165, 1.54) is 6.07 Å². The predicted molar refractivity (Wildman–Crippen MR) is 51.3 cm³/mol. The Morgan fingerprint density at radius 3 is 2.93 bits per heavy atom. The van der Waals surface area contributed by atoms with Gasteiger partial charge < -0.3 is 4.74 Å². The number of morpholine rings is 1. The zero-order chi connectivity index (χ0) is 9.80. The highest BCUT2D eigenvalue weighted by Crippen LogP contribution is 2.10. The van der Waals surface area contributed by atoms with E-state index in [0.29, 0.717) is 12.1 Å². The first kappa shape index (κ1) is 9.62. The van der Waals surface area contributed by atoms with E-state index >= 15 is 0 Å². The van der Waals surface area contributed by atoms with Crippen molar-refractivity contribution in [2.24, 2.45) is 0 Å². The van der Waals surface area contributed by atoms with Gasteiger partial charge in [-0.3, -0.25) is 4.90 Å². The van der Waals surface area contributed by atoms with Crippen molar-refractivity contribution in [1.82, 2.24) is 4.90 Å². The molecule has 0 atom stereocenters. The van der Waals surface area contributed by atoms with Crippen LogP contribution in [0.4, 0.5) is 4.39 Å². The Morgan fingerprint density at radius 1 is 1.43 bits per heavy atom. The van der Waals surface area contributed by atoms with Gasteiger partial charge >= 0.3 is 0 Å². The molecule has 0 saturated carbocycles. The quantitative estimate of drug-likeness (QED) is 0.706. The van der Waals surface area contributed by atoms with Gasteiger partial charge in [0.25, 0.3) is 0 Å². The Kier molecular flexibility index (Phi) is 3.11. The highest BCUT2D eigenvalue weighted by molar-refractivity contribution is 5.15. The fraction of sp³-hybridized carbons (Fsp3) is 0.455. The SMILES string of the molecule is Fc1ccc[c]c1CN1CCOCC1. The van der Waals surface area contributed by atoms with Crippen molar-refractivity contribution in [2.75, 3.05) is 26.3 Å². The monoisotopic (exact) mass is 194 g/mol. The summed E-state index contributed by atoms with van der Waals surface area (Å²) >= 11 is 0. The summed E-state index contributed by atoms with van der Waals surface area (Å²) in [7, 11) is 0. The molecule has 3 heteroatoms. The molecule has 0 spiro atoms. The van der Waals surface area contributed by atoms with Crippen molar-refractivity contribution >= 4 is 0 Å². The third-order valence-corrected chi connectivity index (χ3v) is 2.37. The van der Waals surface area contributed by atoms with Gasteiger partial charge in [0.15, 0.2) is 0 Å². The van der Waals surface area contributed by atoms with Gasteiger partial charge in [0, 0.05) is 25.2 Å². The molecule has 0 bridgehead atoms. The van der Waals surface area contributed by atoms with Crippen LogP contribution < -0.4 is 0 Å². The van der Waals surface area contributed by atoms with Crippen LogP contribution in [0.25, 0.3) is 0 Å². The number of benzene rings is 1. The van der Waals surface area contributed by atoms with Crippen molar-refractivity contribution in [3.05, 3.63) is 35.6 Å². The number of hydrogen-bond donors (Lipinski definition) is 0. The first-order valence-corrected chi connectivity index (χ1v) is 4.81. The Hall–Kier alpha value is -0.930. The number of rotatable bonds is 2. The Morgan fingerprint density at radius 2 is 2.21 bits per heavy atom. The van der Waals surface area contributed by atoms with E-state index in [2.05, 4.69) is 11.0 Å². The van der Waals surface area contributed by atoms with Crippen LogP contribution >= 0.6 is 0 Å². The molecule has 1 aliphatic rings. The number of nitrogens with zero attached hydrogens (tertiary/aromatic N) is 1. The van der Waals surface area contributed by atoms with E-state index < -0.39 is 0 Å². The zero-order valence-corrected chi connectivity index (χ0v) is 8.00. The van der Waals surface area contributed by atoms with Gasteiger partial charge in [-0.15, -0.1) is 0 Å². The van der Waals surface area contributed by atoms with Gasteiger partial charge in [-0.1, -0.05) is 12.1 Å². The molecular formula is C11H13FNO. The molecule has 75 valence electrons. The van der Waals surface area contributed by atoms with Crippen molar-refractivity contribution in [1.29, 1.82) is 0 Å². The fourth-order valence-electron chi connectivity index (χ4n) is 1.55. The maximum absolute atomic E-state index is 13.3. The zero-order valence-electron chi connectivity index (χ0n) is 8.00. The van der Waals surface area contributed by atoms with Gasteiger partial charge in [-0.05, 0) is 12.1 Å². The lowest BCUT2D eigenvalue weighted by atomic mass is 10.2. The maximum Gasteiger partial charge on any atom is 0.128 e. The summed E-state index contributed by atoms with van der Waals surface area (Å²) in [5.41, 5.74) is 0.648. The largest absolute Gasteiger partial charge is 0.379 e. The summed E-state index contributed by atoms with van der Waals surface area (Å²) in [5, 5.41) is 0. The number of hydrogen-bond acceptors (Lipinski definition) is 2. The second kappa shape index (κ2) is 4.53. The summed E-state index contributed by atoms with van der Waals surface area (Å²) in [6, 6.07) is 7.82. The summed E-state index contributed by atoms with van der Waals surface area (Å²) in [6.45, 7) is 3.88. The van der Waals surface area contributed by atoms with Gasteiger partial charge in [-0.2, -0.15) is 0 Å². The molecule has 0 unspecified atom stereocenters. The topological polar surface area (TPSA) is 12.5 Å². The Bertz CT molecular complexity index is 297. The van der Waals surface area contributed by atoms with Crippen LogP contribution in [0.2, 0.25) is 0 Å². The molecular weight excluding hydrogens is 181 g/mol. The maximum atomic E-state index is 13.3. The molecule has 1 heterocycles. The summed E-state index contributed by atoms with van der Waals surface area (Å²) in [5.74, 6) is -0.168. The molecule has 14 heavy (non-hydrogen) atoms. The molecule has 1 fully saturated rings. The molecule has 2 rings (SSSR count). The van der Waals surface area contributed by atoms with E-state index in [0.717, 1.165) is 26.3 Å². The lowest BCUT2D eigenvalue weighted by Gasteiger charge is -2.26. The third-order valence-electron chi connectivity index (χ3n) is 2.37. The van der Waals surface area contributed by atoms with Gasteiger partial charge in [0.05, 0.1) is 13.2 Å². The van der Waals surface area contributed by atoms with Crippen LogP contribution in [0.15, 0.2) is 18.2 Å². The van der Waals surface area contributed by atoms with Crippen LogP contribution in [-0.4, -0.2) is 31.2 Å². The Labute approximate surface area is 83.3 Å². The number of halogens is 1. The Balaban J connectivity index is 1.99. The van der Waals surface area contributed by atoms with E-state index in [4.69, 9.17) is 4.74 Å². The van der Waals surface area contributed by atoms with Crippen LogP contribution in [0, 0.1) is 11.9 Å². The van der Waals surface area contributed by atoms with Gasteiger partial charge in [-0.25, -0.2) is 4.39 Å². The van der Waals surface area contributed by atoms with Crippen LogP contribution in [0.5, 0.6) is 0 Å². The number of ether oxygens (including phenoxy) is 1. The molecule has 2 nitrogen and oxygen atoms in total. The molecule has 0 aliphatic carbocycles. The molecule has 0 aromatic heterocycles. The normalized spacial score (nSPS) is 18.4. The lowest BCUT2D eigenvalue weighted by Crippen LogP contribution is -2.35. The minimum Gasteiger partial charge on any atom is -0.379 e. The minimum absolute atomic E-state index is 0.168. The predicted octanol–water partition coefficient (Wildman–Crippen LogP) is 1.46. The highest BCUT2D eigenvalue weighted by Gasteiger charge is 2.12. The molecule has 0 amide bonds. The molecule has 1 saturated heterocycles. The molecule has 1 radical (unpaired) electrons. The van der Waals surface area contributed by atoms with E-state index in [1.807, 2.05) is 0 Å². The van der Waals surface area contributed by atoms with Crippen molar-refractivity contribution in [3.8, 4) is 0 Å². The van der Waals surface area contributed by atoms with Crippen molar-refractivity contribution < 1.29 is 9.13 Å². The van der Waals surface area contributed by atoms with Gasteiger partial charge in [0.1, 0.15) is 5.82 Å². The average Bonchev–Trinajstić information content (AvgIpc) is 2.23. The standard InChI is InChI=1S/C11H13FNO/c12-11-4-2-1-3-10(11)9-13-5-7-14-8-6-13/h1-2,4H,5-9H2. The van der Waals surface area contributed by atoms with Crippen LogP contribution in [0.1, 0.15) is 5.56 Å². The summed E-state index contributed by atoms with van der Waals surface area (Å²) in [6.07, 6.45) is 0. The van der Waals surface area contributed by atoms with E-state index in [1.54, 1.807) is 12.1 Å². The van der Waals surface area contributed by atoms with Crippen LogP contribution in [0.3, 0.4) is 0 Å². The van der Waals surface area contributed by atoms with E-state index in [-0.39, 0.29) is 5.82 Å². The molecule has 1 aliphatic heterocycles. The summed E-state index contributed by atoms with van der Waals surface area (Å²) < 4.78 is 18.5. The molecule has 0 N–H and O–H groups in total.